The SMILES string of the molecule is O=[N+]([O-])c1c[c]c(I)cc1. The van der Waals surface area contributed by atoms with Crippen molar-refractivity contribution < 1.29 is 4.92 Å². The lowest BCUT2D eigenvalue weighted by molar-refractivity contribution is -0.384. The fourth-order valence-electron chi connectivity index (χ4n) is 0.511. The van der Waals surface area contributed by atoms with Crippen molar-refractivity contribution in [1.29, 1.82) is 0 Å². The van der Waals surface area contributed by atoms with Gasteiger partial charge in [-0.1, -0.05) is 0 Å². The normalized spacial score (nSPS) is 9.30. The second kappa shape index (κ2) is 2.96. The van der Waals surface area contributed by atoms with Gasteiger partial charge in [0.1, 0.15) is 0 Å². The summed E-state index contributed by atoms with van der Waals surface area (Å²) in [7, 11) is 0. The minimum atomic E-state index is -0.438. The average Bonchev–Trinajstić information content (AvgIpc) is 1.88. The van der Waals surface area contributed by atoms with Gasteiger partial charge in [0.15, 0.2) is 0 Å². The highest BCUT2D eigenvalue weighted by atomic mass is 127. The molecule has 1 rings (SSSR count). The van der Waals surface area contributed by atoms with Crippen LogP contribution in [0.1, 0.15) is 0 Å². The van der Waals surface area contributed by atoms with Gasteiger partial charge < -0.3 is 0 Å². The molecule has 0 aliphatic heterocycles. The molecule has 0 unspecified atom stereocenters. The molecule has 0 saturated heterocycles. The van der Waals surface area contributed by atoms with Crippen LogP contribution < -0.4 is 0 Å². The minimum Gasteiger partial charge on any atom is -0.258 e. The molecule has 0 amide bonds. The maximum Gasteiger partial charge on any atom is 0.270 e. The fraction of sp³-hybridized carbons (Fsp3) is 0. The summed E-state index contributed by atoms with van der Waals surface area (Å²) in [6, 6.07) is 7.20. The van der Waals surface area contributed by atoms with E-state index < -0.39 is 4.92 Å². The van der Waals surface area contributed by atoms with Gasteiger partial charge in [-0.2, -0.15) is 0 Å². The van der Waals surface area contributed by atoms with E-state index in [0.29, 0.717) is 0 Å². The van der Waals surface area contributed by atoms with E-state index in [-0.39, 0.29) is 5.69 Å². The Labute approximate surface area is 71.3 Å². The largest absolute Gasteiger partial charge is 0.270 e. The van der Waals surface area contributed by atoms with Crippen LogP contribution >= 0.6 is 22.6 Å². The first-order valence-electron chi connectivity index (χ1n) is 2.52. The van der Waals surface area contributed by atoms with E-state index in [2.05, 4.69) is 6.07 Å². The van der Waals surface area contributed by atoms with Crippen LogP contribution in [0.2, 0.25) is 0 Å². The van der Waals surface area contributed by atoms with Gasteiger partial charge in [-0.15, -0.1) is 0 Å². The van der Waals surface area contributed by atoms with Gasteiger partial charge in [-0.05, 0) is 28.7 Å². The Balaban J connectivity index is 3.00. The first kappa shape index (κ1) is 7.46. The van der Waals surface area contributed by atoms with Gasteiger partial charge in [0.2, 0.25) is 0 Å². The molecule has 51 valence electrons. The predicted octanol–water partition coefficient (Wildman–Crippen LogP) is 2.00. The number of halogens is 1. The summed E-state index contributed by atoms with van der Waals surface area (Å²) in [6.07, 6.45) is 0. The van der Waals surface area contributed by atoms with Crippen LogP contribution in [0.5, 0.6) is 0 Å². The molecule has 4 heteroatoms. The first-order chi connectivity index (χ1) is 4.70. The number of hydrogen-bond acceptors (Lipinski definition) is 2. The molecule has 0 fully saturated rings. The standard InChI is InChI=1S/C6H3INO2/c7-5-1-3-6(4-2-5)8(9)10/h1,3-4H. The van der Waals surface area contributed by atoms with Gasteiger partial charge in [0.05, 0.1) is 4.92 Å². The van der Waals surface area contributed by atoms with E-state index in [0.717, 1.165) is 3.57 Å². The molecular weight excluding hydrogens is 245 g/mol. The maximum absolute atomic E-state index is 10.1. The molecule has 0 atom stereocenters. The average molecular weight is 248 g/mol. The van der Waals surface area contributed by atoms with Crippen molar-refractivity contribution in [3.05, 3.63) is 37.9 Å². The van der Waals surface area contributed by atoms with E-state index in [9.17, 15) is 10.1 Å². The van der Waals surface area contributed by atoms with Gasteiger partial charge in [-0.25, -0.2) is 0 Å². The van der Waals surface area contributed by atoms with Crippen LogP contribution in [0, 0.1) is 19.8 Å². The Morgan fingerprint density at radius 3 is 2.70 bits per heavy atom. The number of nitro benzene ring substituents is 1. The van der Waals surface area contributed by atoms with Crippen LogP contribution in [0.25, 0.3) is 0 Å². The lowest BCUT2D eigenvalue weighted by Gasteiger charge is -1.88. The zero-order valence-electron chi connectivity index (χ0n) is 4.87. The van der Waals surface area contributed by atoms with E-state index >= 15 is 0 Å². The summed E-state index contributed by atoms with van der Waals surface area (Å²) in [5.41, 5.74) is 0.0837. The smallest absolute Gasteiger partial charge is 0.258 e. The van der Waals surface area contributed by atoms with E-state index in [1.165, 1.54) is 12.1 Å². The maximum atomic E-state index is 10.1. The van der Waals surface area contributed by atoms with Crippen molar-refractivity contribution in [2.24, 2.45) is 0 Å². The zero-order valence-corrected chi connectivity index (χ0v) is 7.03. The second-order valence-electron chi connectivity index (χ2n) is 1.65. The molecule has 3 nitrogen and oxygen atoms in total. The summed E-state index contributed by atoms with van der Waals surface area (Å²) < 4.78 is 0.878. The van der Waals surface area contributed by atoms with E-state index in [1.807, 2.05) is 22.6 Å². The minimum absolute atomic E-state index is 0.0837. The lowest BCUT2D eigenvalue weighted by atomic mass is 10.3. The molecule has 1 radical (unpaired) electrons. The molecule has 0 heterocycles. The van der Waals surface area contributed by atoms with Crippen molar-refractivity contribution in [3.63, 3.8) is 0 Å². The molecule has 1 aromatic carbocycles. The number of rotatable bonds is 1. The van der Waals surface area contributed by atoms with Crippen molar-refractivity contribution in [3.8, 4) is 0 Å². The quantitative estimate of drug-likeness (QED) is 0.433. The molecule has 0 aromatic heterocycles. The summed E-state index contributed by atoms with van der Waals surface area (Å²) >= 11 is 2.04. The summed E-state index contributed by atoms with van der Waals surface area (Å²) in [5.74, 6) is 0. The van der Waals surface area contributed by atoms with Crippen LogP contribution in [0.4, 0.5) is 5.69 Å². The number of nitrogens with zero attached hydrogens (tertiary/aromatic N) is 1. The molecule has 0 N–H and O–H groups in total. The molecule has 0 saturated carbocycles. The Morgan fingerprint density at radius 1 is 1.60 bits per heavy atom. The molecule has 0 spiro atoms. The second-order valence-corrected chi connectivity index (χ2v) is 2.81. The third-order valence-electron chi connectivity index (χ3n) is 0.969. The van der Waals surface area contributed by atoms with Crippen LogP contribution in [-0.4, -0.2) is 4.92 Å². The Hall–Kier alpha value is -0.650. The predicted molar refractivity (Wildman–Crippen MR) is 44.6 cm³/mol. The monoisotopic (exact) mass is 248 g/mol. The highest BCUT2D eigenvalue weighted by Gasteiger charge is 2.01. The zero-order chi connectivity index (χ0) is 7.56. The first-order valence-corrected chi connectivity index (χ1v) is 3.59. The Bertz CT molecular complexity index is 244. The number of benzene rings is 1. The van der Waals surface area contributed by atoms with Crippen LogP contribution in [0.3, 0.4) is 0 Å². The Morgan fingerprint density at radius 2 is 2.30 bits per heavy atom. The fourth-order valence-corrected chi connectivity index (χ4v) is 0.847. The number of nitro groups is 1. The molecule has 10 heavy (non-hydrogen) atoms. The van der Waals surface area contributed by atoms with Crippen molar-refractivity contribution in [2.75, 3.05) is 0 Å². The summed E-state index contributed by atoms with van der Waals surface area (Å²) in [4.78, 5) is 9.66. The molecule has 0 bridgehead atoms. The highest BCUT2D eigenvalue weighted by Crippen LogP contribution is 2.11. The summed E-state index contributed by atoms with van der Waals surface area (Å²) in [6.45, 7) is 0. The molecular formula is C6H3INO2. The van der Waals surface area contributed by atoms with Gasteiger partial charge in [0.25, 0.3) is 5.69 Å². The van der Waals surface area contributed by atoms with Gasteiger partial charge >= 0.3 is 0 Å². The third-order valence-corrected chi connectivity index (χ3v) is 1.64. The summed E-state index contributed by atoms with van der Waals surface area (Å²) in [5, 5.41) is 10.1. The van der Waals surface area contributed by atoms with E-state index in [4.69, 9.17) is 0 Å². The van der Waals surface area contributed by atoms with Crippen LogP contribution in [-0.2, 0) is 0 Å². The van der Waals surface area contributed by atoms with Crippen molar-refractivity contribution in [1.82, 2.24) is 0 Å². The van der Waals surface area contributed by atoms with Gasteiger partial charge in [0, 0.05) is 21.8 Å². The molecule has 0 aliphatic carbocycles. The van der Waals surface area contributed by atoms with Crippen molar-refractivity contribution in [2.45, 2.75) is 0 Å². The Kier molecular flexibility index (Phi) is 2.21. The topological polar surface area (TPSA) is 43.1 Å². The third kappa shape index (κ3) is 1.66. The van der Waals surface area contributed by atoms with Gasteiger partial charge in [-0.3, -0.25) is 10.1 Å². The highest BCUT2D eigenvalue weighted by molar-refractivity contribution is 14.1. The lowest BCUT2D eigenvalue weighted by Crippen LogP contribution is -1.86. The number of hydrogen-bond donors (Lipinski definition) is 0. The van der Waals surface area contributed by atoms with E-state index in [1.54, 1.807) is 6.07 Å². The van der Waals surface area contributed by atoms with Crippen LogP contribution in [0.15, 0.2) is 18.2 Å². The van der Waals surface area contributed by atoms with Crippen molar-refractivity contribution >= 4 is 28.3 Å². The number of non-ortho nitro benzene ring substituents is 1. The molecule has 1 aromatic rings. The molecule has 0 aliphatic rings.